The predicted molar refractivity (Wildman–Crippen MR) is 68.1 cm³/mol. The van der Waals surface area contributed by atoms with E-state index in [9.17, 15) is 18.0 Å². The van der Waals surface area contributed by atoms with Crippen molar-refractivity contribution in [2.24, 2.45) is 0 Å². The highest BCUT2D eigenvalue weighted by Crippen LogP contribution is 2.34. The molecular formula is C13H14F3N3O. The zero-order valence-corrected chi connectivity index (χ0v) is 11.1. The van der Waals surface area contributed by atoms with Crippen molar-refractivity contribution < 1.29 is 18.0 Å². The number of nitrogens with one attached hydrogen (secondary N) is 1. The van der Waals surface area contributed by atoms with E-state index < -0.39 is 17.3 Å². The van der Waals surface area contributed by atoms with Crippen molar-refractivity contribution in [3.05, 3.63) is 29.3 Å². The molecule has 1 rings (SSSR count). The Kier molecular flexibility index (Phi) is 4.97. The van der Waals surface area contributed by atoms with Gasteiger partial charge in [0.25, 0.3) is 0 Å². The number of likely N-dealkylation sites (N-methyl/N-ethyl adjacent to an activating group) is 2. The molecule has 1 amide bonds. The molecule has 0 aliphatic carbocycles. The minimum atomic E-state index is -4.60. The summed E-state index contributed by atoms with van der Waals surface area (Å²) in [6.07, 6.45) is -4.60. The molecule has 20 heavy (non-hydrogen) atoms. The smallest absolute Gasteiger partial charge is 0.365 e. The normalized spacial score (nSPS) is 10.8. The molecule has 0 bridgehead atoms. The van der Waals surface area contributed by atoms with Crippen LogP contribution in [0.15, 0.2) is 18.2 Å². The van der Waals surface area contributed by atoms with Crippen LogP contribution in [0.4, 0.5) is 18.9 Å². The number of nitriles is 1. The van der Waals surface area contributed by atoms with Crippen molar-refractivity contribution in [2.45, 2.75) is 13.1 Å². The molecule has 0 spiro atoms. The third-order valence-electron chi connectivity index (χ3n) is 2.62. The van der Waals surface area contributed by atoms with Crippen LogP contribution in [-0.2, 0) is 11.0 Å². The van der Waals surface area contributed by atoms with Crippen LogP contribution < -0.4 is 10.2 Å². The van der Waals surface area contributed by atoms with Crippen LogP contribution in [0, 0.1) is 11.3 Å². The van der Waals surface area contributed by atoms with Gasteiger partial charge in [-0.25, -0.2) is 0 Å². The maximum atomic E-state index is 12.8. The van der Waals surface area contributed by atoms with Crippen molar-refractivity contribution in [2.75, 3.05) is 25.0 Å². The van der Waals surface area contributed by atoms with E-state index in [2.05, 4.69) is 5.32 Å². The Bertz CT molecular complexity index is 535. The number of hydrogen-bond acceptors (Lipinski definition) is 3. The van der Waals surface area contributed by atoms with Gasteiger partial charge in [0.15, 0.2) is 0 Å². The summed E-state index contributed by atoms with van der Waals surface area (Å²) in [6, 6.07) is 4.87. The van der Waals surface area contributed by atoms with Crippen LogP contribution in [0.3, 0.4) is 0 Å². The van der Waals surface area contributed by atoms with E-state index in [4.69, 9.17) is 5.26 Å². The molecule has 0 aromatic heterocycles. The van der Waals surface area contributed by atoms with Gasteiger partial charge in [-0.3, -0.25) is 4.79 Å². The number of alkyl halides is 3. The van der Waals surface area contributed by atoms with Crippen molar-refractivity contribution in [1.29, 1.82) is 5.26 Å². The number of carbonyl (C=O) groups is 1. The summed E-state index contributed by atoms with van der Waals surface area (Å²) in [6.45, 7) is 2.15. The van der Waals surface area contributed by atoms with Crippen molar-refractivity contribution in [3.8, 4) is 6.07 Å². The molecular weight excluding hydrogens is 271 g/mol. The Labute approximate surface area is 114 Å². The molecule has 0 radical (unpaired) electrons. The van der Waals surface area contributed by atoms with Gasteiger partial charge in [-0.15, -0.1) is 0 Å². The zero-order chi connectivity index (χ0) is 15.3. The second-order valence-corrected chi connectivity index (χ2v) is 4.15. The fourth-order valence-corrected chi connectivity index (χ4v) is 1.66. The first-order valence-electron chi connectivity index (χ1n) is 5.88. The minimum absolute atomic E-state index is 0.0585. The van der Waals surface area contributed by atoms with E-state index in [1.165, 1.54) is 24.1 Å². The van der Waals surface area contributed by atoms with Gasteiger partial charge in [0.1, 0.15) is 0 Å². The summed E-state index contributed by atoms with van der Waals surface area (Å²) in [7, 11) is 1.51. The Balaban J connectivity index is 3.03. The molecule has 0 fully saturated rings. The third-order valence-corrected chi connectivity index (χ3v) is 2.62. The standard InChI is InChI=1S/C13H14F3N3O/c1-3-18-12(20)8-19(2)10-5-4-9(7-17)11(6-10)13(14,15)16/h4-6H,3,8H2,1-2H3,(H,18,20). The molecule has 1 N–H and O–H groups in total. The molecule has 7 heteroatoms. The highest BCUT2D eigenvalue weighted by atomic mass is 19.4. The number of carbonyl (C=O) groups excluding carboxylic acids is 1. The van der Waals surface area contributed by atoms with E-state index in [-0.39, 0.29) is 18.1 Å². The van der Waals surface area contributed by atoms with Gasteiger partial charge in [-0.05, 0) is 25.1 Å². The van der Waals surface area contributed by atoms with Crippen LogP contribution in [0.1, 0.15) is 18.1 Å². The average molecular weight is 285 g/mol. The Morgan fingerprint density at radius 1 is 1.45 bits per heavy atom. The van der Waals surface area contributed by atoms with Gasteiger partial charge in [-0.2, -0.15) is 18.4 Å². The lowest BCUT2D eigenvalue weighted by Crippen LogP contribution is -2.35. The first kappa shape index (κ1) is 15.8. The molecule has 1 aromatic carbocycles. The first-order chi connectivity index (χ1) is 9.29. The van der Waals surface area contributed by atoms with E-state index in [1.807, 2.05) is 0 Å². The third kappa shape index (κ3) is 3.88. The molecule has 0 saturated carbocycles. The van der Waals surface area contributed by atoms with Gasteiger partial charge in [0.2, 0.25) is 5.91 Å². The predicted octanol–water partition coefficient (Wildman–Crippen LogP) is 2.15. The van der Waals surface area contributed by atoms with Crippen molar-refractivity contribution in [1.82, 2.24) is 5.32 Å². The Morgan fingerprint density at radius 2 is 2.10 bits per heavy atom. The molecule has 0 saturated heterocycles. The number of anilines is 1. The number of nitrogens with zero attached hydrogens (tertiary/aromatic N) is 2. The lowest BCUT2D eigenvalue weighted by molar-refractivity contribution is -0.137. The quantitative estimate of drug-likeness (QED) is 0.922. The summed E-state index contributed by atoms with van der Waals surface area (Å²) in [5.41, 5.74) is -1.21. The van der Waals surface area contributed by atoms with Crippen LogP contribution in [0.5, 0.6) is 0 Å². The zero-order valence-electron chi connectivity index (χ0n) is 11.1. The topological polar surface area (TPSA) is 56.1 Å². The fourth-order valence-electron chi connectivity index (χ4n) is 1.66. The first-order valence-corrected chi connectivity index (χ1v) is 5.88. The molecule has 0 atom stereocenters. The maximum Gasteiger partial charge on any atom is 0.417 e. The fraction of sp³-hybridized carbons (Fsp3) is 0.385. The van der Waals surface area contributed by atoms with Crippen molar-refractivity contribution >= 4 is 11.6 Å². The number of amides is 1. The summed E-state index contributed by atoms with van der Waals surface area (Å²) in [4.78, 5) is 12.8. The van der Waals surface area contributed by atoms with E-state index in [0.717, 1.165) is 12.1 Å². The van der Waals surface area contributed by atoms with Gasteiger partial charge in [0, 0.05) is 19.3 Å². The molecule has 0 unspecified atom stereocenters. The Hall–Kier alpha value is -2.23. The monoisotopic (exact) mass is 285 g/mol. The number of rotatable bonds is 4. The van der Waals surface area contributed by atoms with Crippen LogP contribution in [0.25, 0.3) is 0 Å². The van der Waals surface area contributed by atoms with Crippen molar-refractivity contribution in [3.63, 3.8) is 0 Å². The molecule has 4 nitrogen and oxygen atoms in total. The number of benzene rings is 1. The molecule has 108 valence electrons. The summed E-state index contributed by atoms with van der Waals surface area (Å²) in [5, 5.41) is 11.3. The second kappa shape index (κ2) is 6.28. The van der Waals surface area contributed by atoms with Gasteiger partial charge >= 0.3 is 6.18 Å². The number of halogens is 3. The van der Waals surface area contributed by atoms with Crippen LogP contribution in [0.2, 0.25) is 0 Å². The molecule has 1 aromatic rings. The summed E-state index contributed by atoms with van der Waals surface area (Å²) < 4.78 is 38.4. The maximum absolute atomic E-state index is 12.8. The molecule has 0 heterocycles. The highest BCUT2D eigenvalue weighted by molar-refractivity contribution is 5.81. The van der Waals surface area contributed by atoms with E-state index in [0.29, 0.717) is 6.54 Å². The second-order valence-electron chi connectivity index (χ2n) is 4.15. The van der Waals surface area contributed by atoms with Gasteiger partial charge < -0.3 is 10.2 Å². The molecule has 0 aliphatic heterocycles. The summed E-state index contributed by atoms with van der Waals surface area (Å²) >= 11 is 0. The average Bonchev–Trinajstić information content (AvgIpc) is 2.37. The van der Waals surface area contributed by atoms with E-state index >= 15 is 0 Å². The van der Waals surface area contributed by atoms with Gasteiger partial charge in [0.05, 0.1) is 23.7 Å². The Morgan fingerprint density at radius 3 is 2.60 bits per heavy atom. The van der Waals surface area contributed by atoms with Crippen LogP contribution in [-0.4, -0.2) is 26.0 Å². The van der Waals surface area contributed by atoms with Gasteiger partial charge in [-0.1, -0.05) is 0 Å². The van der Waals surface area contributed by atoms with Crippen LogP contribution >= 0.6 is 0 Å². The van der Waals surface area contributed by atoms with E-state index in [1.54, 1.807) is 6.92 Å². The largest absolute Gasteiger partial charge is 0.417 e. The lowest BCUT2D eigenvalue weighted by atomic mass is 10.1. The summed E-state index contributed by atoms with van der Waals surface area (Å²) in [5.74, 6) is -0.284. The lowest BCUT2D eigenvalue weighted by Gasteiger charge is -2.20. The SMILES string of the molecule is CCNC(=O)CN(C)c1ccc(C#N)c(C(F)(F)F)c1. The number of hydrogen-bond donors (Lipinski definition) is 1. The molecule has 0 aliphatic rings. The minimum Gasteiger partial charge on any atom is -0.365 e. The highest BCUT2D eigenvalue weighted by Gasteiger charge is 2.34.